The van der Waals surface area contributed by atoms with Gasteiger partial charge < -0.3 is 14.7 Å². The molecule has 16 heavy (non-hydrogen) atoms. The maximum Gasteiger partial charge on any atom is 0.214 e. The van der Waals surface area contributed by atoms with Crippen molar-refractivity contribution in [1.29, 1.82) is 0 Å². The molecule has 1 fully saturated rings. The van der Waals surface area contributed by atoms with Crippen LogP contribution in [0.15, 0.2) is 18.3 Å². The summed E-state index contributed by atoms with van der Waals surface area (Å²) < 4.78 is 5.09. The second-order valence-corrected chi connectivity index (χ2v) is 4.34. The van der Waals surface area contributed by atoms with Crippen LogP contribution in [-0.4, -0.2) is 36.4 Å². The molecule has 1 N–H and O–H groups in total. The Hall–Kier alpha value is -1.29. The minimum atomic E-state index is -0.243. The SMILES string of the molecule is COc1cc(N2CCC(C)C(O)C2)ccn1. The molecule has 0 spiro atoms. The minimum Gasteiger partial charge on any atom is -0.481 e. The van der Waals surface area contributed by atoms with Gasteiger partial charge in [-0.15, -0.1) is 0 Å². The van der Waals surface area contributed by atoms with E-state index in [2.05, 4.69) is 16.8 Å². The number of pyridine rings is 1. The summed E-state index contributed by atoms with van der Waals surface area (Å²) in [5.41, 5.74) is 1.07. The van der Waals surface area contributed by atoms with Gasteiger partial charge in [0.15, 0.2) is 0 Å². The van der Waals surface area contributed by atoms with Gasteiger partial charge in [-0.25, -0.2) is 4.98 Å². The normalized spacial score (nSPS) is 25.6. The molecule has 0 aromatic carbocycles. The van der Waals surface area contributed by atoms with Crippen LogP contribution >= 0.6 is 0 Å². The molecule has 4 nitrogen and oxygen atoms in total. The highest BCUT2D eigenvalue weighted by Crippen LogP contribution is 2.24. The molecular weight excluding hydrogens is 204 g/mol. The molecule has 0 amide bonds. The maximum absolute atomic E-state index is 9.85. The van der Waals surface area contributed by atoms with Crippen molar-refractivity contribution in [1.82, 2.24) is 4.98 Å². The number of aliphatic hydroxyl groups is 1. The Kier molecular flexibility index (Phi) is 3.29. The number of aliphatic hydroxyl groups excluding tert-OH is 1. The zero-order valence-electron chi connectivity index (χ0n) is 9.76. The van der Waals surface area contributed by atoms with Crippen LogP contribution in [0.5, 0.6) is 5.88 Å². The summed E-state index contributed by atoms with van der Waals surface area (Å²) in [5, 5.41) is 9.85. The lowest BCUT2D eigenvalue weighted by atomic mass is 9.96. The second kappa shape index (κ2) is 4.70. The zero-order valence-corrected chi connectivity index (χ0v) is 9.76. The van der Waals surface area contributed by atoms with Crippen LogP contribution in [0.4, 0.5) is 5.69 Å². The van der Waals surface area contributed by atoms with Crippen molar-refractivity contribution in [3.8, 4) is 5.88 Å². The van der Waals surface area contributed by atoms with Crippen LogP contribution in [0.3, 0.4) is 0 Å². The fourth-order valence-corrected chi connectivity index (χ4v) is 1.99. The van der Waals surface area contributed by atoms with E-state index in [1.807, 2.05) is 12.1 Å². The Morgan fingerprint density at radius 3 is 3.06 bits per heavy atom. The highest BCUT2D eigenvalue weighted by Gasteiger charge is 2.24. The number of piperidine rings is 1. The fraction of sp³-hybridized carbons (Fsp3) is 0.583. The summed E-state index contributed by atoms with van der Waals surface area (Å²) in [4.78, 5) is 6.25. The average Bonchev–Trinajstić information content (AvgIpc) is 2.33. The molecule has 1 aliphatic rings. The first kappa shape index (κ1) is 11.2. The van der Waals surface area contributed by atoms with Crippen molar-refractivity contribution in [2.45, 2.75) is 19.4 Å². The number of nitrogens with zero attached hydrogens (tertiary/aromatic N) is 2. The highest BCUT2D eigenvalue weighted by atomic mass is 16.5. The number of anilines is 1. The Bertz CT molecular complexity index is 357. The van der Waals surface area contributed by atoms with Gasteiger partial charge in [0, 0.05) is 31.0 Å². The van der Waals surface area contributed by atoms with Crippen molar-refractivity contribution in [3.05, 3.63) is 18.3 Å². The van der Waals surface area contributed by atoms with Gasteiger partial charge in [0.1, 0.15) is 0 Å². The van der Waals surface area contributed by atoms with Crippen LogP contribution in [0.2, 0.25) is 0 Å². The third kappa shape index (κ3) is 2.27. The largest absolute Gasteiger partial charge is 0.481 e. The van der Waals surface area contributed by atoms with E-state index in [1.54, 1.807) is 13.3 Å². The predicted octanol–water partition coefficient (Wildman–Crippen LogP) is 1.30. The lowest BCUT2D eigenvalue weighted by Gasteiger charge is -2.35. The molecule has 0 radical (unpaired) electrons. The first-order valence-corrected chi connectivity index (χ1v) is 5.63. The van der Waals surface area contributed by atoms with E-state index < -0.39 is 0 Å². The third-order valence-corrected chi connectivity index (χ3v) is 3.21. The number of β-amino-alcohol motifs (C(OH)–C–C–N with tert-alkyl or cyclic N) is 1. The molecule has 2 rings (SSSR count). The summed E-state index contributed by atoms with van der Waals surface area (Å²) in [6.45, 7) is 3.76. The summed E-state index contributed by atoms with van der Waals surface area (Å²) in [5.74, 6) is 1.01. The molecule has 2 unspecified atom stereocenters. The van der Waals surface area contributed by atoms with Crippen molar-refractivity contribution in [2.75, 3.05) is 25.1 Å². The van der Waals surface area contributed by atoms with Crippen LogP contribution in [0.25, 0.3) is 0 Å². The van der Waals surface area contributed by atoms with E-state index in [1.165, 1.54) is 0 Å². The number of hydrogen-bond donors (Lipinski definition) is 1. The number of aromatic nitrogens is 1. The molecule has 0 bridgehead atoms. The fourth-order valence-electron chi connectivity index (χ4n) is 1.99. The van der Waals surface area contributed by atoms with Gasteiger partial charge in [0.2, 0.25) is 5.88 Å². The molecule has 2 heterocycles. The van der Waals surface area contributed by atoms with Gasteiger partial charge in [-0.2, -0.15) is 0 Å². The lowest BCUT2D eigenvalue weighted by molar-refractivity contribution is 0.103. The van der Waals surface area contributed by atoms with E-state index in [0.29, 0.717) is 18.3 Å². The van der Waals surface area contributed by atoms with Gasteiger partial charge in [0.05, 0.1) is 13.2 Å². The van der Waals surface area contributed by atoms with E-state index >= 15 is 0 Å². The Balaban J connectivity index is 2.12. The molecule has 1 aromatic rings. The van der Waals surface area contributed by atoms with Gasteiger partial charge in [-0.3, -0.25) is 0 Å². The highest BCUT2D eigenvalue weighted by molar-refractivity contribution is 5.48. The molecular formula is C12H18N2O2. The van der Waals surface area contributed by atoms with Gasteiger partial charge in [-0.1, -0.05) is 6.92 Å². The number of methoxy groups -OCH3 is 1. The summed E-state index contributed by atoms with van der Waals surface area (Å²) >= 11 is 0. The zero-order chi connectivity index (χ0) is 11.5. The molecule has 2 atom stereocenters. The Morgan fingerprint density at radius 1 is 1.56 bits per heavy atom. The molecule has 88 valence electrons. The molecule has 0 aliphatic carbocycles. The van der Waals surface area contributed by atoms with Gasteiger partial charge in [-0.05, 0) is 18.4 Å². The van der Waals surface area contributed by atoms with Crippen LogP contribution in [0, 0.1) is 5.92 Å². The van der Waals surface area contributed by atoms with Crippen molar-refractivity contribution in [2.24, 2.45) is 5.92 Å². The quantitative estimate of drug-likeness (QED) is 0.819. The topological polar surface area (TPSA) is 45.6 Å². The van der Waals surface area contributed by atoms with Gasteiger partial charge in [0.25, 0.3) is 0 Å². The first-order valence-electron chi connectivity index (χ1n) is 5.63. The van der Waals surface area contributed by atoms with E-state index in [-0.39, 0.29) is 6.10 Å². The van der Waals surface area contributed by atoms with Gasteiger partial charge >= 0.3 is 0 Å². The Labute approximate surface area is 95.9 Å². The molecule has 0 saturated carbocycles. The smallest absolute Gasteiger partial charge is 0.214 e. The number of rotatable bonds is 2. The molecule has 4 heteroatoms. The van der Waals surface area contributed by atoms with E-state index in [4.69, 9.17) is 4.74 Å². The minimum absolute atomic E-state index is 0.243. The third-order valence-electron chi connectivity index (χ3n) is 3.21. The lowest BCUT2D eigenvalue weighted by Crippen LogP contribution is -2.42. The second-order valence-electron chi connectivity index (χ2n) is 4.34. The van der Waals surface area contributed by atoms with E-state index in [0.717, 1.165) is 18.7 Å². The van der Waals surface area contributed by atoms with Crippen LogP contribution in [-0.2, 0) is 0 Å². The number of hydrogen-bond acceptors (Lipinski definition) is 4. The van der Waals surface area contributed by atoms with Crippen LogP contribution < -0.4 is 9.64 Å². The molecule has 1 aromatic heterocycles. The molecule has 1 saturated heterocycles. The summed E-state index contributed by atoms with van der Waals surface area (Å²) in [6.07, 6.45) is 2.51. The molecule has 1 aliphatic heterocycles. The Morgan fingerprint density at radius 2 is 2.38 bits per heavy atom. The predicted molar refractivity (Wildman–Crippen MR) is 62.8 cm³/mol. The number of ether oxygens (including phenoxy) is 1. The summed E-state index contributed by atoms with van der Waals surface area (Å²) in [6, 6.07) is 3.86. The standard InChI is InChI=1S/C12H18N2O2/c1-9-4-6-14(8-11(9)15)10-3-5-13-12(7-10)16-2/h3,5,7,9,11,15H,4,6,8H2,1-2H3. The summed E-state index contributed by atoms with van der Waals surface area (Å²) in [7, 11) is 1.61. The van der Waals surface area contributed by atoms with Crippen molar-refractivity contribution in [3.63, 3.8) is 0 Å². The first-order chi connectivity index (χ1) is 7.70. The van der Waals surface area contributed by atoms with Crippen molar-refractivity contribution < 1.29 is 9.84 Å². The monoisotopic (exact) mass is 222 g/mol. The maximum atomic E-state index is 9.85. The van der Waals surface area contributed by atoms with Crippen molar-refractivity contribution >= 4 is 5.69 Å². The average molecular weight is 222 g/mol. The van der Waals surface area contributed by atoms with Crippen LogP contribution in [0.1, 0.15) is 13.3 Å². The van der Waals surface area contributed by atoms with E-state index in [9.17, 15) is 5.11 Å².